The van der Waals surface area contributed by atoms with Gasteiger partial charge in [0.15, 0.2) is 5.69 Å². The summed E-state index contributed by atoms with van der Waals surface area (Å²) in [5.74, 6) is 0.828. The molecule has 1 aromatic heterocycles. The predicted octanol–water partition coefficient (Wildman–Crippen LogP) is 0.751. The van der Waals surface area contributed by atoms with Gasteiger partial charge in [0, 0.05) is 13.1 Å². The number of aliphatic hydroxyl groups excluding tert-OH is 1. The Morgan fingerprint density at radius 2 is 2.32 bits per heavy atom. The molecule has 0 aromatic carbocycles. The van der Waals surface area contributed by atoms with Crippen LogP contribution in [-0.4, -0.2) is 51.8 Å². The minimum Gasteiger partial charge on any atom is -0.394 e. The van der Waals surface area contributed by atoms with Crippen molar-refractivity contribution in [3.63, 3.8) is 0 Å². The lowest BCUT2D eigenvalue weighted by Crippen LogP contribution is -2.40. The first-order valence-electron chi connectivity index (χ1n) is 6.66. The highest BCUT2D eigenvalue weighted by Gasteiger charge is 2.34. The zero-order chi connectivity index (χ0) is 13.8. The van der Waals surface area contributed by atoms with Crippen molar-refractivity contribution in [2.75, 3.05) is 25.0 Å². The topological polar surface area (TPSA) is 78.4 Å². The van der Waals surface area contributed by atoms with E-state index in [4.69, 9.17) is 0 Å². The van der Waals surface area contributed by atoms with Crippen LogP contribution in [0, 0.1) is 5.92 Å². The summed E-state index contributed by atoms with van der Waals surface area (Å²) in [6, 6.07) is 3.31. The van der Waals surface area contributed by atoms with Crippen LogP contribution in [0.3, 0.4) is 0 Å². The number of aliphatic hydroxyl groups is 1. The molecular weight excluding hydrogens is 244 g/mol. The molecule has 0 spiro atoms. The van der Waals surface area contributed by atoms with E-state index in [2.05, 4.69) is 15.5 Å². The average molecular weight is 264 g/mol. The minimum atomic E-state index is -0.154. The highest BCUT2D eigenvalue weighted by molar-refractivity contribution is 5.92. The molecule has 19 heavy (non-hydrogen) atoms. The standard InChI is InChI=1S/C13H20N4O2/c1-3-14-12-5-4-10(15-16-12)13(19)17-7-6-9(2)11(17)8-18/h4-5,9,11,18H,3,6-8H2,1-2H3,(H,14,16). The molecule has 0 aliphatic carbocycles. The molecule has 1 aromatic rings. The number of rotatable bonds is 4. The van der Waals surface area contributed by atoms with Crippen molar-refractivity contribution < 1.29 is 9.90 Å². The molecule has 0 bridgehead atoms. The van der Waals surface area contributed by atoms with E-state index in [1.54, 1.807) is 17.0 Å². The lowest BCUT2D eigenvalue weighted by atomic mass is 10.0. The summed E-state index contributed by atoms with van der Waals surface area (Å²) in [6.07, 6.45) is 0.917. The van der Waals surface area contributed by atoms with Gasteiger partial charge in [-0.2, -0.15) is 0 Å². The molecule has 1 saturated heterocycles. The van der Waals surface area contributed by atoms with Gasteiger partial charge in [-0.05, 0) is 31.4 Å². The molecule has 2 atom stereocenters. The summed E-state index contributed by atoms with van der Waals surface area (Å²) in [5.41, 5.74) is 0.328. The highest BCUT2D eigenvalue weighted by atomic mass is 16.3. The maximum Gasteiger partial charge on any atom is 0.274 e. The van der Waals surface area contributed by atoms with Crippen molar-refractivity contribution in [3.8, 4) is 0 Å². The number of nitrogens with one attached hydrogen (secondary N) is 1. The Bertz CT molecular complexity index is 435. The first-order chi connectivity index (χ1) is 9.17. The van der Waals surface area contributed by atoms with Gasteiger partial charge < -0.3 is 15.3 Å². The van der Waals surface area contributed by atoms with E-state index in [1.807, 2.05) is 13.8 Å². The second-order valence-corrected chi connectivity index (χ2v) is 4.85. The van der Waals surface area contributed by atoms with Crippen LogP contribution in [0.1, 0.15) is 30.8 Å². The first-order valence-corrected chi connectivity index (χ1v) is 6.66. The second-order valence-electron chi connectivity index (χ2n) is 4.85. The number of nitrogens with zero attached hydrogens (tertiary/aromatic N) is 3. The lowest BCUT2D eigenvalue weighted by molar-refractivity contribution is 0.0641. The van der Waals surface area contributed by atoms with Gasteiger partial charge in [-0.3, -0.25) is 4.79 Å². The van der Waals surface area contributed by atoms with E-state index in [0.29, 0.717) is 24.0 Å². The molecule has 1 amide bonds. The van der Waals surface area contributed by atoms with Gasteiger partial charge in [0.1, 0.15) is 5.82 Å². The Hall–Kier alpha value is -1.69. The third-order valence-corrected chi connectivity index (χ3v) is 3.57. The van der Waals surface area contributed by atoms with Gasteiger partial charge >= 0.3 is 0 Å². The van der Waals surface area contributed by atoms with E-state index >= 15 is 0 Å². The number of hydrogen-bond donors (Lipinski definition) is 2. The Kier molecular flexibility index (Phi) is 4.31. The Balaban J connectivity index is 2.11. The van der Waals surface area contributed by atoms with Crippen molar-refractivity contribution in [3.05, 3.63) is 17.8 Å². The molecule has 6 nitrogen and oxygen atoms in total. The van der Waals surface area contributed by atoms with Gasteiger partial charge in [0.2, 0.25) is 0 Å². The summed E-state index contributed by atoms with van der Waals surface area (Å²) >= 11 is 0. The quantitative estimate of drug-likeness (QED) is 0.839. The van der Waals surface area contributed by atoms with Crippen LogP contribution in [0.2, 0.25) is 0 Å². The van der Waals surface area contributed by atoms with Crippen LogP contribution in [0.5, 0.6) is 0 Å². The number of aromatic nitrogens is 2. The van der Waals surface area contributed by atoms with Crippen LogP contribution in [-0.2, 0) is 0 Å². The Morgan fingerprint density at radius 1 is 1.53 bits per heavy atom. The number of anilines is 1. The maximum absolute atomic E-state index is 12.3. The maximum atomic E-state index is 12.3. The number of carbonyl (C=O) groups excluding carboxylic acids is 1. The normalized spacial score (nSPS) is 22.6. The molecule has 0 saturated carbocycles. The highest BCUT2D eigenvalue weighted by Crippen LogP contribution is 2.24. The average Bonchev–Trinajstić information content (AvgIpc) is 2.80. The fraction of sp³-hybridized carbons (Fsp3) is 0.615. The van der Waals surface area contributed by atoms with E-state index in [9.17, 15) is 9.90 Å². The minimum absolute atomic E-state index is 0.00416. The molecule has 2 N–H and O–H groups in total. The van der Waals surface area contributed by atoms with E-state index in [1.165, 1.54) is 0 Å². The third kappa shape index (κ3) is 2.84. The van der Waals surface area contributed by atoms with Crippen LogP contribution in [0.25, 0.3) is 0 Å². The Morgan fingerprint density at radius 3 is 2.89 bits per heavy atom. The number of likely N-dealkylation sites (tertiary alicyclic amines) is 1. The summed E-state index contributed by atoms with van der Waals surface area (Å²) in [5, 5.41) is 20.3. The van der Waals surface area contributed by atoms with Gasteiger partial charge in [0.05, 0.1) is 12.6 Å². The predicted molar refractivity (Wildman–Crippen MR) is 71.9 cm³/mol. The van der Waals surface area contributed by atoms with Crippen molar-refractivity contribution in [2.24, 2.45) is 5.92 Å². The van der Waals surface area contributed by atoms with Crippen molar-refractivity contribution >= 4 is 11.7 Å². The van der Waals surface area contributed by atoms with Gasteiger partial charge in [0.25, 0.3) is 5.91 Å². The van der Waals surface area contributed by atoms with Gasteiger partial charge in [-0.15, -0.1) is 10.2 Å². The molecule has 2 rings (SSSR count). The number of amides is 1. The van der Waals surface area contributed by atoms with Crippen LogP contribution in [0.15, 0.2) is 12.1 Å². The molecule has 2 unspecified atom stereocenters. The zero-order valence-electron chi connectivity index (χ0n) is 11.3. The van der Waals surface area contributed by atoms with Crippen LogP contribution in [0.4, 0.5) is 5.82 Å². The SMILES string of the molecule is CCNc1ccc(C(=O)N2CCC(C)C2CO)nn1. The fourth-order valence-electron chi connectivity index (χ4n) is 2.41. The molecule has 1 aliphatic rings. The third-order valence-electron chi connectivity index (χ3n) is 3.57. The first kappa shape index (κ1) is 13.7. The molecule has 0 radical (unpaired) electrons. The number of carbonyl (C=O) groups is 1. The zero-order valence-corrected chi connectivity index (χ0v) is 11.3. The molecular formula is C13H20N4O2. The van der Waals surface area contributed by atoms with Gasteiger partial charge in [-0.1, -0.05) is 6.92 Å². The summed E-state index contributed by atoms with van der Waals surface area (Å²) in [7, 11) is 0. The summed E-state index contributed by atoms with van der Waals surface area (Å²) < 4.78 is 0. The molecule has 1 fully saturated rings. The smallest absolute Gasteiger partial charge is 0.274 e. The van der Waals surface area contributed by atoms with Gasteiger partial charge in [-0.25, -0.2) is 0 Å². The van der Waals surface area contributed by atoms with E-state index in [-0.39, 0.29) is 18.6 Å². The monoisotopic (exact) mass is 264 g/mol. The molecule has 6 heteroatoms. The molecule has 104 valence electrons. The summed E-state index contributed by atoms with van der Waals surface area (Å²) in [6.45, 7) is 5.45. The van der Waals surface area contributed by atoms with Crippen molar-refractivity contribution in [1.82, 2.24) is 15.1 Å². The lowest BCUT2D eigenvalue weighted by Gasteiger charge is -2.24. The Labute approximate surface area is 112 Å². The summed E-state index contributed by atoms with van der Waals surface area (Å²) in [4.78, 5) is 14.0. The molecule has 1 aliphatic heterocycles. The van der Waals surface area contributed by atoms with Crippen molar-refractivity contribution in [2.45, 2.75) is 26.3 Å². The molecule has 2 heterocycles. The van der Waals surface area contributed by atoms with Crippen molar-refractivity contribution in [1.29, 1.82) is 0 Å². The van der Waals surface area contributed by atoms with Crippen LogP contribution < -0.4 is 5.32 Å². The van der Waals surface area contributed by atoms with Crippen LogP contribution >= 0.6 is 0 Å². The number of hydrogen-bond acceptors (Lipinski definition) is 5. The van der Waals surface area contributed by atoms with E-state index in [0.717, 1.165) is 13.0 Å². The fourth-order valence-corrected chi connectivity index (χ4v) is 2.41. The second kappa shape index (κ2) is 5.97. The van der Waals surface area contributed by atoms with E-state index < -0.39 is 0 Å². The largest absolute Gasteiger partial charge is 0.394 e.